The maximum Gasteiger partial charge on any atom is 0.211 e. The first-order valence-corrected chi connectivity index (χ1v) is 7.03. The molecule has 0 fully saturated rings. The van der Waals surface area contributed by atoms with Crippen LogP contribution in [0.15, 0.2) is 24.4 Å². The molecule has 6 nitrogen and oxygen atoms in total. The Balaban J connectivity index is 2.05. The second-order valence-electron chi connectivity index (χ2n) is 3.59. The number of nitrogens with one attached hydrogen (secondary N) is 1. The van der Waals surface area contributed by atoms with Gasteiger partial charge in [-0.25, -0.2) is 13.1 Å². The highest BCUT2D eigenvalue weighted by atomic mass is 32.2. The van der Waals surface area contributed by atoms with Gasteiger partial charge in [-0.15, -0.1) is 10.2 Å². The summed E-state index contributed by atoms with van der Waals surface area (Å²) in [6.07, 6.45) is 2.38. The van der Waals surface area contributed by atoms with E-state index in [2.05, 4.69) is 14.9 Å². The van der Waals surface area contributed by atoms with Gasteiger partial charge in [-0.3, -0.25) is 4.40 Å². The number of sulfonamides is 1. The molecule has 0 aliphatic rings. The summed E-state index contributed by atoms with van der Waals surface area (Å²) in [5, 5.41) is 8.01. The predicted molar refractivity (Wildman–Crippen MR) is 64.2 cm³/mol. The number of hydrogen-bond acceptors (Lipinski definition) is 4. The monoisotopic (exact) mass is 254 g/mol. The summed E-state index contributed by atoms with van der Waals surface area (Å²) >= 11 is 0. The van der Waals surface area contributed by atoms with Crippen molar-refractivity contribution in [2.45, 2.75) is 13.3 Å². The minimum Gasteiger partial charge on any atom is -0.286 e. The maximum absolute atomic E-state index is 11.2. The van der Waals surface area contributed by atoms with Gasteiger partial charge in [0.05, 0.1) is 5.75 Å². The van der Waals surface area contributed by atoms with Crippen LogP contribution >= 0.6 is 0 Å². The molecule has 0 unspecified atom stereocenters. The second kappa shape index (κ2) is 4.80. The number of rotatable bonds is 5. The molecule has 0 aliphatic heterocycles. The minimum atomic E-state index is -3.13. The van der Waals surface area contributed by atoms with Gasteiger partial charge in [-0.05, 0) is 19.1 Å². The molecular weight excluding hydrogens is 240 g/mol. The molecule has 0 bridgehead atoms. The molecule has 0 radical (unpaired) electrons. The van der Waals surface area contributed by atoms with Gasteiger partial charge in [-0.2, -0.15) is 0 Å². The van der Waals surface area contributed by atoms with E-state index in [0.29, 0.717) is 13.0 Å². The van der Waals surface area contributed by atoms with E-state index in [1.54, 1.807) is 6.92 Å². The van der Waals surface area contributed by atoms with Crippen LogP contribution in [0.3, 0.4) is 0 Å². The number of aromatic nitrogens is 3. The standard InChI is InChI=1S/C10H14N4O2S/c1-2-17(15,16)11-7-6-10-13-12-9-5-3-4-8-14(9)10/h3-5,8,11H,2,6-7H2,1H3. The first-order valence-electron chi connectivity index (χ1n) is 5.38. The van der Waals surface area contributed by atoms with E-state index >= 15 is 0 Å². The average Bonchev–Trinajstić information content (AvgIpc) is 2.73. The van der Waals surface area contributed by atoms with Gasteiger partial charge < -0.3 is 0 Å². The lowest BCUT2D eigenvalue weighted by molar-refractivity contribution is 0.582. The summed E-state index contributed by atoms with van der Waals surface area (Å²) < 4.78 is 26.8. The number of nitrogens with zero attached hydrogens (tertiary/aromatic N) is 3. The van der Waals surface area contributed by atoms with Crippen LogP contribution in [0.25, 0.3) is 5.65 Å². The van der Waals surface area contributed by atoms with Crippen LogP contribution < -0.4 is 4.72 Å². The zero-order chi connectivity index (χ0) is 12.3. The van der Waals surface area contributed by atoms with Gasteiger partial charge >= 0.3 is 0 Å². The van der Waals surface area contributed by atoms with Crippen molar-refractivity contribution in [3.63, 3.8) is 0 Å². The van der Waals surface area contributed by atoms with Crippen molar-refractivity contribution < 1.29 is 8.42 Å². The van der Waals surface area contributed by atoms with Crippen LogP contribution in [-0.2, 0) is 16.4 Å². The Hall–Kier alpha value is -1.47. The molecule has 0 atom stereocenters. The SMILES string of the molecule is CCS(=O)(=O)NCCc1nnc2ccccn12. The van der Waals surface area contributed by atoms with E-state index in [4.69, 9.17) is 0 Å². The summed E-state index contributed by atoms with van der Waals surface area (Å²) in [4.78, 5) is 0. The summed E-state index contributed by atoms with van der Waals surface area (Å²) in [6, 6.07) is 5.62. The highest BCUT2D eigenvalue weighted by Crippen LogP contribution is 2.02. The highest BCUT2D eigenvalue weighted by molar-refractivity contribution is 7.89. The van der Waals surface area contributed by atoms with E-state index in [0.717, 1.165) is 11.5 Å². The van der Waals surface area contributed by atoms with Crippen molar-refractivity contribution in [1.29, 1.82) is 0 Å². The van der Waals surface area contributed by atoms with Crippen molar-refractivity contribution in [2.75, 3.05) is 12.3 Å². The smallest absolute Gasteiger partial charge is 0.211 e. The summed E-state index contributed by atoms with van der Waals surface area (Å²) in [5.74, 6) is 0.840. The third-order valence-electron chi connectivity index (χ3n) is 2.43. The van der Waals surface area contributed by atoms with E-state index in [9.17, 15) is 8.42 Å². The zero-order valence-corrected chi connectivity index (χ0v) is 10.3. The maximum atomic E-state index is 11.2. The topological polar surface area (TPSA) is 76.4 Å². The van der Waals surface area contributed by atoms with Gasteiger partial charge in [0.1, 0.15) is 5.82 Å². The van der Waals surface area contributed by atoms with Crippen LogP contribution in [0, 0.1) is 0 Å². The lowest BCUT2D eigenvalue weighted by Gasteiger charge is -2.03. The number of pyridine rings is 1. The molecule has 7 heteroatoms. The molecule has 2 aromatic rings. The Morgan fingerprint density at radius 2 is 2.18 bits per heavy atom. The van der Waals surface area contributed by atoms with Crippen molar-refractivity contribution in [1.82, 2.24) is 19.3 Å². The molecule has 0 saturated carbocycles. The lowest BCUT2D eigenvalue weighted by atomic mass is 10.4. The molecule has 0 aliphatic carbocycles. The third kappa shape index (κ3) is 2.80. The van der Waals surface area contributed by atoms with Crippen LogP contribution in [0.5, 0.6) is 0 Å². The first-order chi connectivity index (χ1) is 8.12. The lowest BCUT2D eigenvalue weighted by Crippen LogP contribution is -2.27. The molecule has 0 spiro atoms. The second-order valence-corrected chi connectivity index (χ2v) is 5.69. The Kier molecular flexibility index (Phi) is 3.39. The largest absolute Gasteiger partial charge is 0.286 e. The summed E-state index contributed by atoms with van der Waals surface area (Å²) in [5.41, 5.74) is 0.765. The molecule has 0 saturated heterocycles. The van der Waals surface area contributed by atoms with Gasteiger partial charge in [-0.1, -0.05) is 6.07 Å². The van der Waals surface area contributed by atoms with Crippen molar-refractivity contribution in [3.05, 3.63) is 30.2 Å². The Morgan fingerprint density at radius 3 is 2.94 bits per heavy atom. The van der Waals surface area contributed by atoms with Crippen LogP contribution in [0.4, 0.5) is 0 Å². The minimum absolute atomic E-state index is 0.0909. The van der Waals surface area contributed by atoms with Crippen LogP contribution in [0.2, 0.25) is 0 Å². The molecule has 2 aromatic heterocycles. The number of fused-ring (bicyclic) bond motifs is 1. The molecular formula is C10H14N4O2S. The predicted octanol–water partition coefficient (Wildman–Crippen LogP) is 0.211. The molecule has 2 rings (SSSR count). The van der Waals surface area contributed by atoms with Crippen molar-refractivity contribution >= 4 is 15.7 Å². The summed E-state index contributed by atoms with van der Waals surface area (Å²) in [7, 11) is -3.13. The number of hydrogen-bond donors (Lipinski definition) is 1. The van der Waals surface area contributed by atoms with E-state index < -0.39 is 10.0 Å². The highest BCUT2D eigenvalue weighted by Gasteiger charge is 2.08. The Labute approximate surface area is 99.7 Å². The molecule has 0 amide bonds. The van der Waals surface area contributed by atoms with Crippen molar-refractivity contribution in [2.24, 2.45) is 0 Å². The normalized spacial score (nSPS) is 12.1. The van der Waals surface area contributed by atoms with Gasteiger partial charge in [0.25, 0.3) is 0 Å². The first kappa shape index (κ1) is 12.0. The zero-order valence-electron chi connectivity index (χ0n) is 9.50. The molecule has 1 N–H and O–H groups in total. The fourth-order valence-electron chi connectivity index (χ4n) is 1.48. The van der Waals surface area contributed by atoms with Gasteiger partial charge in [0.2, 0.25) is 10.0 Å². The fourth-order valence-corrected chi connectivity index (χ4v) is 2.10. The van der Waals surface area contributed by atoms with Crippen LogP contribution in [-0.4, -0.2) is 35.3 Å². The molecule has 0 aromatic carbocycles. The van der Waals surface area contributed by atoms with E-state index in [1.807, 2.05) is 28.8 Å². The average molecular weight is 254 g/mol. The Bertz CT molecular complexity index is 606. The van der Waals surface area contributed by atoms with Gasteiger partial charge in [0.15, 0.2) is 5.65 Å². The Morgan fingerprint density at radius 1 is 1.35 bits per heavy atom. The van der Waals surface area contributed by atoms with E-state index in [1.165, 1.54) is 0 Å². The molecule has 2 heterocycles. The molecule has 92 valence electrons. The summed E-state index contributed by atoms with van der Waals surface area (Å²) in [6.45, 7) is 1.95. The third-order valence-corrected chi connectivity index (χ3v) is 3.84. The van der Waals surface area contributed by atoms with Crippen molar-refractivity contribution in [3.8, 4) is 0 Å². The quantitative estimate of drug-likeness (QED) is 0.827. The van der Waals surface area contributed by atoms with E-state index in [-0.39, 0.29) is 5.75 Å². The van der Waals surface area contributed by atoms with Gasteiger partial charge in [0, 0.05) is 19.2 Å². The fraction of sp³-hybridized carbons (Fsp3) is 0.400. The van der Waals surface area contributed by atoms with Crippen LogP contribution in [0.1, 0.15) is 12.7 Å². The molecule has 17 heavy (non-hydrogen) atoms.